The summed E-state index contributed by atoms with van der Waals surface area (Å²) in [5.74, 6) is -3.30. The van der Waals surface area contributed by atoms with E-state index in [1.165, 1.54) is 0 Å². The van der Waals surface area contributed by atoms with Crippen LogP contribution in [0.25, 0.3) is 0 Å². The van der Waals surface area contributed by atoms with Gasteiger partial charge in [0.25, 0.3) is 5.91 Å². The standard InChI is InChI=1S/C18H17F2NO3/c1-11-3-5-13(6-4-11)12(2)21-17(22)10-24-18(23)15-9-14(19)7-8-16(15)20/h3-9,12H,10H2,1-2H3,(H,21,22)/t12-/m0/s1. The molecule has 4 nitrogen and oxygen atoms in total. The Morgan fingerprint density at radius 3 is 2.46 bits per heavy atom. The number of nitrogens with one attached hydrogen (secondary N) is 1. The first kappa shape index (κ1) is 17.6. The van der Waals surface area contributed by atoms with E-state index in [1.807, 2.05) is 31.2 Å². The maximum atomic E-state index is 13.4. The van der Waals surface area contributed by atoms with Gasteiger partial charge in [-0.05, 0) is 37.6 Å². The number of esters is 1. The average Bonchev–Trinajstić information content (AvgIpc) is 2.55. The normalized spacial score (nSPS) is 11.7. The summed E-state index contributed by atoms with van der Waals surface area (Å²) >= 11 is 0. The summed E-state index contributed by atoms with van der Waals surface area (Å²) in [6.07, 6.45) is 0. The topological polar surface area (TPSA) is 55.4 Å². The van der Waals surface area contributed by atoms with Crippen LogP contribution in [0.15, 0.2) is 42.5 Å². The van der Waals surface area contributed by atoms with Crippen molar-refractivity contribution in [3.05, 3.63) is 70.8 Å². The van der Waals surface area contributed by atoms with Crippen LogP contribution in [-0.2, 0) is 9.53 Å². The lowest BCUT2D eigenvalue weighted by atomic mass is 10.1. The third-order valence-corrected chi connectivity index (χ3v) is 3.44. The minimum Gasteiger partial charge on any atom is -0.452 e. The highest BCUT2D eigenvalue weighted by atomic mass is 19.1. The minimum atomic E-state index is -1.09. The number of carbonyl (C=O) groups excluding carboxylic acids is 2. The Morgan fingerprint density at radius 1 is 1.12 bits per heavy atom. The minimum absolute atomic E-state index is 0.275. The summed E-state index contributed by atoms with van der Waals surface area (Å²) in [6.45, 7) is 3.17. The van der Waals surface area contributed by atoms with Gasteiger partial charge in [0.2, 0.25) is 0 Å². The van der Waals surface area contributed by atoms with Gasteiger partial charge in [0.15, 0.2) is 6.61 Å². The smallest absolute Gasteiger partial charge is 0.341 e. The van der Waals surface area contributed by atoms with Crippen molar-refractivity contribution >= 4 is 11.9 Å². The third kappa shape index (κ3) is 4.62. The molecular weight excluding hydrogens is 316 g/mol. The fourth-order valence-corrected chi connectivity index (χ4v) is 2.08. The molecule has 126 valence electrons. The Labute approximate surface area is 138 Å². The van der Waals surface area contributed by atoms with Crippen LogP contribution in [-0.4, -0.2) is 18.5 Å². The fraction of sp³-hybridized carbons (Fsp3) is 0.222. The van der Waals surface area contributed by atoms with E-state index >= 15 is 0 Å². The number of halogens is 2. The predicted octanol–water partition coefficient (Wildman–Crippen LogP) is 3.31. The van der Waals surface area contributed by atoms with Crippen LogP contribution in [0, 0.1) is 18.6 Å². The quantitative estimate of drug-likeness (QED) is 0.854. The molecule has 0 saturated carbocycles. The van der Waals surface area contributed by atoms with Gasteiger partial charge in [-0.25, -0.2) is 13.6 Å². The van der Waals surface area contributed by atoms with Gasteiger partial charge in [-0.1, -0.05) is 29.8 Å². The van der Waals surface area contributed by atoms with E-state index in [1.54, 1.807) is 6.92 Å². The third-order valence-electron chi connectivity index (χ3n) is 3.44. The van der Waals surface area contributed by atoms with Gasteiger partial charge in [0, 0.05) is 0 Å². The molecule has 0 spiro atoms. The molecule has 0 aliphatic carbocycles. The fourth-order valence-electron chi connectivity index (χ4n) is 2.08. The van der Waals surface area contributed by atoms with E-state index in [0.717, 1.165) is 29.3 Å². The van der Waals surface area contributed by atoms with E-state index < -0.39 is 35.7 Å². The van der Waals surface area contributed by atoms with Crippen LogP contribution in [0.2, 0.25) is 0 Å². The van der Waals surface area contributed by atoms with Crippen molar-refractivity contribution in [3.8, 4) is 0 Å². The molecule has 1 N–H and O–H groups in total. The maximum absolute atomic E-state index is 13.4. The molecule has 0 aliphatic heterocycles. The second-order valence-corrected chi connectivity index (χ2v) is 5.40. The van der Waals surface area contributed by atoms with Gasteiger partial charge >= 0.3 is 5.97 Å². The summed E-state index contributed by atoms with van der Waals surface area (Å²) in [5, 5.41) is 2.66. The molecule has 6 heteroatoms. The molecule has 0 aromatic heterocycles. The summed E-state index contributed by atoms with van der Waals surface area (Å²) < 4.78 is 31.2. The Morgan fingerprint density at radius 2 is 1.79 bits per heavy atom. The molecule has 2 aromatic carbocycles. The number of amides is 1. The van der Waals surface area contributed by atoms with Gasteiger partial charge < -0.3 is 10.1 Å². The second-order valence-electron chi connectivity index (χ2n) is 5.40. The molecule has 0 saturated heterocycles. The number of aryl methyl sites for hydroxylation is 1. The Kier molecular flexibility index (Phi) is 5.63. The van der Waals surface area contributed by atoms with Crippen molar-refractivity contribution in [1.29, 1.82) is 0 Å². The van der Waals surface area contributed by atoms with Crippen LogP contribution in [0.5, 0.6) is 0 Å². The zero-order valence-corrected chi connectivity index (χ0v) is 13.3. The number of carbonyl (C=O) groups is 2. The zero-order chi connectivity index (χ0) is 17.7. The summed E-state index contributed by atoms with van der Waals surface area (Å²) in [6, 6.07) is 9.78. The molecule has 0 heterocycles. The lowest BCUT2D eigenvalue weighted by molar-refractivity contribution is -0.124. The van der Waals surface area contributed by atoms with Crippen molar-refractivity contribution < 1.29 is 23.1 Å². The average molecular weight is 333 g/mol. The van der Waals surface area contributed by atoms with Crippen molar-refractivity contribution in [2.45, 2.75) is 19.9 Å². The SMILES string of the molecule is Cc1ccc([C@H](C)NC(=O)COC(=O)c2cc(F)ccc2F)cc1. The molecule has 0 radical (unpaired) electrons. The number of hydrogen-bond donors (Lipinski definition) is 1. The molecule has 0 bridgehead atoms. The Hall–Kier alpha value is -2.76. The molecule has 2 rings (SSSR count). The maximum Gasteiger partial charge on any atom is 0.341 e. The Bertz CT molecular complexity index is 744. The van der Waals surface area contributed by atoms with E-state index in [9.17, 15) is 18.4 Å². The number of ether oxygens (including phenoxy) is 1. The molecule has 0 fully saturated rings. The Balaban J connectivity index is 1.89. The lowest BCUT2D eigenvalue weighted by Gasteiger charge is -2.14. The van der Waals surface area contributed by atoms with Gasteiger partial charge in [-0.15, -0.1) is 0 Å². The summed E-state index contributed by atoms with van der Waals surface area (Å²) in [4.78, 5) is 23.5. The molecule has 24 heavy (non-hydrogen) atoms. The highest BCUT2D eigenvalue weighted by Crippen LogP contribution is 2.13. The van der Waals surface area contributed by atoms with Gasteiger partial charge in [0.1, 0.15) is 11.6 Å². The first-order valence-corrected chi connectivity index (χ1v) is 7.35. The van der Waals surface area contributed by atoms with Crippen molar-refractivity contribution in [2.24, 2.45) is 0 Å². The number of hydrogen-bond acceptors (Lipinski definition) is 3. The highest BCUT2D eigenvalue weighted by molar-refractivity contribution is 5.91. The van der Waals surface area contributed by atoms with Gasteiger partial charge in [-0.2, -0.15) is 0 Å². The van der Waals surface area contributed by atoms with Crippen molar-refractivity contribution in [1.82, 2.24) is 5.32 Å². The molecule has 0 aliphatic rings. The van der Waals surface area contributed by atoms with Crippen LogP contribution >= 0.6 is 0 Å². The highest BCUT2D eigenvalue weighted by Gasteiger charge is 2.17. The number of benzene rings is 2. The van der Waals surface area contributed by atoms with Crippen LogP contribution in [0.3, 0.4) is 0 Å². The predicted molar refractivity (Wildman–Crippen MR) is 84.4 cm³/mol. The van der Waals surface area contributed by atoms with Gasteiger partial charge in [-0.3, -0.25) is 4.79 Å². The molecule has 2 aromatic rings. The van der Waals surface area contributed by atoms with E-state index in [2.05, 4.69) is 5.32 Å². The van der Waals surface area contributed by atoms with Crippen molar-refractivity contribution in [2.75, 3.05) is 6.61 Å². The second kappa shape index (κ2) is 7.68. The van der Waals surface area contributed by atoms with Crippen LogP contribution in [0.1, 0.15) is 34.5 Å². The number of rotatable bonds is 5. The van der Waals surface area contributed by atoms with E-state index in [0.29, 0.717) is 0 Å². The van der Waals surface area contributed by atoms with Crippen LogP contribution < -0.4 is 5.32 Å². The summed E-state index contributed by atoms with van der Waals surface area (Å²) in [7, 11) is 0. The van der Waals surface area contributed by atoms with Gasteiger partial charge in [0.05, 0.1) is 11.6 Å². The monoisotopic (exact) mass is 333 g/mol. The first-order valence-electron chi connectivity index (χ1n) is 7.35. The lowest BCUT2D eigenvalue weighted by Crippen LogP contribution is -2.31. The molecule has 1 amide bonds. The van der Waals surface area contributed by atoms with Crippen LogP contribution in [0.4, 0.5) is 8.78 Å². The summed E-state index contributed by atoms with van der Waals surface area (Å²) in [5.41, 5.74) is 1.45. The molecular formula is C18H17F2NO3. The largest absolute Gasteiger partial charge is 0.452 e. The molecule has 1 atom stereocenters. The zero-order valence-electron chi connectivity index (χ0n) is 13.3. The van der Waals surface area contributed by atoms with E-state index in [4.69, 9.17) is 4.74 Å². The first-order chi connectivity index (χ1) is 11.4. The van der Waals surface area contributed by atoms with E-state index in [-0.39, 0.29) is 6.04 Å². The molecule has 0 unspecified atom stereocenters. The van der Waals surface area contributed by atoms with Crippen molar-refractivity contribution in [3.63, 3.8) is 0 Å².